The molecule has 0 spiro atoms. The van der Waals surface area contributed by atoms with Crippen LogP contribution in [0.3, 0.4) is 0 Å². The highest BCUT2D eigenvalue weighted by Gasteiger charge is 2.00. The van der Waals surface area contributed by atoms with E-state index in [2.05, 4.69) is 11.6 Å². The Kier molecular flexibility index (Phi) is 2.37. The molecule has 42 valence electrons. The molecule has 4 heteroatoms. The first kappa shape index (κ1) is 6.72. The number of aliphatic imine (C=N–C) groups is 1. The smallest absolute Gasteiger partial charge is 0.263 e. The van der Waals surface area contributed by atoms with Crippen LogP contribution >= 0.6 is 0 Å². The first-order chi connectivity index (χ1) is 3.68. The predicted octanol–water partition coefficient (Wildman–Crippen LogP) is 0.332. The van der Waals surface area contributed by atoms with Crippen LogP contribution < -0.4 is 0 Å². The lowest BCUT2D eigenvalue weighted by molar-refractivity contribution is -0.115. The summed E-state index contributed by atoms with van der Waals surface area (Å²) in [6, 6.07) is 0. The Morgan fingerprint density at radius 2 is 2.25 bits per heavy atom. The molecule has 0 aromatic heterocycles. The number of hydrogen-bond acceptors (Lipinski definition) is 2. The lowest BCUT2D eigenvalue weighted by Gasteiger charge is -1.76. The van der Waals surface area contributed by atoms with Crippen LogP contribution in [0.5, 0.6) is 0 Å². The van der Waals surface area contributed by atoms with Crippen molar-refractivity contribution in [3.05, 3.63) is 12.4 Å². The summed E-state index contributed by atoms with van der Waals surface area (Å²) in [6.45, 7) is 2.58. The van der Waals surface area contributed by atoms with Crippen LogP contribution in [0.25, 0.3) is 0 Å². The molecule has 0 aliphatic rings. The third kappa shape index (κ3) is 2.00. The average Bonchev–Trinajstić information content (AvgIpc) is 1.67. The Morgan fingerprint density at radius 1 is 1.75 bits per heavy atom. The second kappa shape index (κ2) is 2.82. The Hall–Kier alpha value is -1.28. The zero-order valence-electron chi connectivity index (χ0n) is 3.85. The Balaban J connectivity index is 4.05. The van der Waals surface area contributed by atoms with Crippen LogP contribution in [0.2, 0.25) is 0 Å². The number of halogens is 1. The number of hydrogen-bond donors (Lipinski definition) is 0. The molecule has 0 saturated carbocycles. The zero-order chi connectivity index (χ0) is 6.57. The maximum atomic E-state index is 11.5. The van der Waals surface area contributed by atoms with Crippen molar-refractivity contribution in [2.24, 2.45) is 4.99 Å². The van der Waals surface area contributed by atoms with Crippen LogP contribution in [-0.2, 0) is 9.59 Å². The molecule has 0 atom stereocenters. The van der Waals surface area contributed by atoms with E-state index in [0.29, 0.717) is 0 Å². The molecule has 0 radical (unpaired) electrons. The normalized spacial score (nSPS) is 7.12. The third-order valence-electron chi connectivity index (χ3n) is 0.379. The Morgan fingerprint density at radius 3 is 2.38 bits per heavy atom. The van der Waals surface area contributed by atoms with E-state index in [-0.39, 0.29) is 0 Å². The van der Waals surface area contributed by atoms with Crippen LogP contribution in [0.1, 0.15) is 0 Å². The summed E-state index contributed by atoms with van der Waals surface area (Å²) in [5.41, 5.74) is 0. The van der Waals surface area contributed by atoms with Gasteiger partial charge in [0.1, 0.15) is 0 Å². The zero-order valence-corrected chi connectivity index (χ0v) is 3.85. The largest absolute Gasteiger partial charge is 0.315 e. The van der Waals surface area contributed by atoms with Gasteiger partial charge in [0, 0.05) is 0 Å². The molecule has 0 fully saturated rings. The first-order valence-corrected chi connectivity index (χ1v) is 1.65. The van der Waals surface area contributed by atoms with Crippen molar-refractivity contribution >= 4 is 12.0 Å². The van der Waals surface area contributed by atoms with Crippen LogP contribution in [0.4, 0.5) is 4.39 Å². The minimum absolute atomic E-state index is 0.873. The maximum absolute atomic E-state index is 11.5. The van der Waals surface area contributed by atoms with E-state index in [9.17, 15) is 14.0 Å². The van der Waals surface area contributed by atoms with E-state index >= 15 is 0 Å². The van der Waals surface area contributed by atoms with Crippen molar-refractivity contribution in [1.29, 1.82) is 0 Å². The highest BCUT2D eigenvalue weighted by atomic mass is 19.1. The molecule has 0 unspecified atom stereocenters. The summed E-state index contributed by atoms with van der Waals surface area (Å²) in [4.78, 5) is 21.4. The molecule has 0 bridgehead atoms. The summed E-state index contributed by atoms with van der Waals surface area (Å²) in [5, 5.41) is 0. The van der Waals surface area contributed by atoms with Crippen molar-refractivity contribution in [3.63, 3.8) is 0 Å². The number of carbonyl (C=O) groups excluding carboxylic acids is 2. The monoisotopic (exact) mass is 115 g/mol. The van der Waals surface area contributed by atoms with Crippen molar-refractivity contribution in [1.82, 2.24) is 0 Å². The minimum atomic E-state index is -1.28. The molecule has 3 nitrogen and oxygen atoms in total. The first-order valence-electron chi connectivity index (χ1n) is 1.65. The third-order valence-corrected chi connectivity index (χ3v) is 0.379. The number of rotatable bonds is 1. The highest BCUT2D eigenvalue weighted by molar-refractivity contribution is 5.94. The molecule has 8 heavy (non-hydrogen) atoms. The minimum Gasteiger partial charge on any atom is -0.263 e. The van der Waals surface area contributed by atoms with Gasteiger partial charge in [-0.15, -0.1) is 4.99 Å². The van der Waals surface area contributed by atoms with Gasteiger partial charge in [0.2, 0.25) is 6.08 Å². The molecular weight excluding hydrogens is 113 g/mol. The van der Waals surface area contributed by atoms with Gasteiger partial charge >= 0.3 is 5.91 Å². The van der Waals surface area contributed by atoms with E-state index in [1.54, 1.807) is 0 Å². The van der Waals surface area contributed by atoms with Gasteiger partial charge in [0.15, 0.2) is 5.83 Å². The Labute approximate surface area is 44.5 Å². The summed E-state index contributed by atoms with van der Waals surface area (Å²) in [7, 11) is 0. The van der Waals surface area contributed by atoms with Gasteiger partial charge in [-0.1, -0.05) is 6.58 Å². The number of isocyanates is 1. The standard InChI is InChI=1S/C4H2FNO2/c1-3(5)4(8)6-2-7/h1H2. The molecule has 0 saturated heterocycles. The van der Waals surface area contributed by atoms with Crippen LogP contribution in [-0.4, -0.2) is 12.0 Å². The second-order valence-corrected chi connectivity index (χ2v) is 0.913. The lowest BCUT2D eigenvalue weighted by atomic mass is 10.6. The average molecular weight is 115 g/mol. The molecule has 0 aromatic carbocycles. The highest BCUT2D eigenvalue weighted by Crippen LogP contribution is 1.91. The molecule has 0 N–H and O–H groups in total. The molecule has 0 aliphatic carbocycles. The van der Waals surface area contributed by atoms with E-state index in [0.717, 1.165) is 6.08 Å². The summed E-state index contributed by atoms with van der Waals surface area (Å²) in [5.74, 6) is -2.53. The predicted molar refractivity (Wildman–Crippen MR) is 23.4 cm³/mol. The molecule has 0 rings (SSSR count). The summed E-state index contributed by atoms with van der Waals surface area (Å²) in [6.07, 6.45) is 0.873. The molecule has 0 heterocycles. The summed E-state index contributed by atoms with van der Waals surface area (Å²) < 4.78 is 11.5. The van der Waals surface area contributed by atoms with Crippen molar-refractivity contribution in [2.45, 2.75) is 0 Å². The van der Waals surface area contributed by atoms with E-state index < -0.39 is 11.7 Å². The van der Waals surface area contributed by atoms with Gasteiger partial charge in [-0.2, -0.15) is 0 Å². The van der Waals surface area contributed by atoms with E-state index in [1.165, 1.54) is 0 Å². The molecule has 0 aliphatic heterocycles. The quantitative estimate of drug-likeness (QED) is 0.281. The van der Waals surface area contributed by atoms with Gasteiger partial charge in [0.05, 0.1) is 0 Å². The van der Waals surface area contributed by atoms with Gasteiger partial charge in [-0.3, -0.25) is 4.79 Å². The van der Waals surface area contributed by atoms with Gasteiger partial charge in [-0.25, -0.2) is 9.18 Å². The number of nitrogens with zero attached hydrogens (tertiary/aromatic N) is 1. The lowest BCUT2D eigenvalue weighted by Crippen LogP contribution is -1.89. The fourth-order valence-electron chi connectivity index (χ4n) is 0.102. The molecule has 1 amide bonds. The van der Waals surface area contributed by atoms with Gasteiger partial charge in [-0.05, 0) is 0 Å². The van der Waals surface area contributed by atoms with Gasteiger partial charge in [0.25, 0.3) is 0 Å². The van der Waals surface area contributed by atoms with Crippen molar-refractivity contribution < 1.29 is 14.0 Å². The van der Waals surface area contributed by atoms with Crippen molar-refractivity contribution in [3.8, 4) is 0 Å². The van der Waals surface area contributed by atoms with E-state index in [1.807, 2.05) is 0 Å². The maximum Gasteiger partial charge on any atom is 0.315 e. The SMILES string of the molecule is C=C(F)C(=O)N=C=O. The number of amides is 1. The topological polar surface area (TPSA) is 46.5 Å². The molecule has 0 aromatic rings. The number of carbonyl (C=O) groups is 1. The van der Waals surface area contributed by atoms with Crippen molar-refractivity contribution in [2.75, 3.05) is 0 Å². The fourth-order valence-corrected chi connectivity index (χ4v) is 0.102. The summed E-state index contributed by atoms with van der Waals surface area (Å²) >= 11 is 0. The van der Waals surface area contributed by atoms with Crippen LogP contribution in [0.15, 0.2) is 17.4 Å². The van der Waals surface area contributed by atoms with E-state index in [4.69, 9.17) is 0 Å². The second-order valence-electron chi connectivity index (χ2n) is 0.913. The van der Waals surface area contributed by atoms with Gasteiger partial charge < -0.3 is 0 Å². The Bertz CT molecular complexity index is 165. The molecular formula is C4H2FNO2. The van der Waals surface area contributed by atoms with Crippen LogP contribution in [0, 0.1) is 0 Å². The fraction of sp³-hybridized carbons (Fsp3) is 0.